The van der Waals surface area contributed by atoms with Crippen LogP contribution in [0.5, 0.6) is 0 Å². The average molecular weight is 511 g/mol. The number of esters is 1. The quantitative estimate of drug-likeness (QED) is 0.219. The Morgan fingerprint density at radius 1 is 1.17 bits per heavy atom. The predicted octanol–water partition coefficient (Wildman–Crippen LogP) is 4.22. The second kappa shape index (κ2) is 9.09. The van der Waals surface area contributed by atoms with Gasteiger partial charge in [0.25, 0.3) is 0 Å². The van der Waals surface area contributed by atoms with Gasteiger partial charge in [0.05, 0.1) is 23.2 Å². The number of sulfone groups is 1. The van der Waals surface area contributed by atoms with Crippen molar-refractivity contribution in [2.45, 2.75) is 25.8 Å². The maximum atomic E-state index is 12.7. The van der Waals surface area contributed by atoms with Gasteiger partial charge in [0.1, 0.15) is 5.15 Å². The Balaban J connectivity index is 1.23. The zero-order chi connectivity index (χ0) is 24.7. The molecular weight excluding hydrogens is 488 g/mol. The summed E-state index contributed by atoms with van der Waals surface area (Å²) < 4.78 is 30.2. The van der Waals surface area contributed by atoms with Gasteiger partial charge in [-0.2, -0.15) is 5.10 Å². The number of carbonyl (C=O) groups is 2. The molecule has 1 aromatic heterocycles. The number of ether oxygens (including phenoxy) is 1. The fourth-order valence-corrected chi connectivity index (χ4v) is 6.72. The van der Waals surface area contributed by atoms with Crippen LogP contribution in [0.15, 0.2) is 48.5 Å². The van der Waals surface area contributed by atoms with Gasteiger partial charge in [-0.05, 0) is 54.2 Å². The van der Waals surface area contributed by atoms with Crippen LogP contribution < -0.4 is 0 Å². The van der Waals surface area contributed by atoms with Gasteiger partial charge in [-0.25, -0.2) is 17.9 Å². The Hall–Kier alpha value is -3.23. The number of nitrogens with zero attached hydrogens (tertiary/aromatic N) is 2. The van der Waals surface area contributed by atoms with Crippen molar-refractivity contribution in [2.75, 3.05) is 18.1 Å². The minimum absolute atomic E-state index is 0.00454. The number of aromatic nitrogens is 2. The van der Waals surface area contributed by atoms with Gasteiger partial charge in [-0.15, -0.1) is 0 Å². The Labute approximate surface area is 208 Å². The Kier molecular flexibility index (Phi) is 6.11. The second-order valence-corrected chi connectivity index (χ2v) is 11.4. The molecule has 0 N–H and O–H groups in total. The van der Waals surface area contributed by atoms with Crippen molar-refractivity contribution in [3.8, 4) is 11.1 Å². The molecule has 180 valence electrons. The van der Waals surface area contributed by atoms with Crippen molar-refractivity contribution >= 4 is 39.3 Å². The van der Waals surface area contributed by atoms with E-state index in [1.165, 1.54) is 28.0 Å². The van der Waals surface area contributed by atoms with Crippen molar-refractivity contribution in [3.63, 3.8) is 0 Å². The van der Waals surface area contributed by atoms with E-state index < -0.39 is 15.8 Å². The largest absolute Gasteiger partial charge is 0.454 e. The molecule has 1 aliphatic heterocycles. The van der Waals surface area contributed by atoms with Crippen molar-refractivity contribution in [1.82, 2.24) is 9.78 Å². The summed E-state index contributed by atoms with van der Waals surface area (Å²) in [4.78, 5) is 24.9. The highest BCUT2D eigenvalue weighted by Gasteiger charge is 2.31. The lowest BCUT2D eigenvalue weighted by atomic mass is 10.0. The fourth-order valence-electron chi connectivity index (χ4n) is 4.65. The molecule has 35 heavy (non-hydrogen) atoms. The molecule has 0 spiro atoms. The minimum atomic E-state index is -3.09. The van der Waals surface area contributed by atoms with Crippen molar-refractivity contribution < 1.29 is 22.7 Å². The fraction of sp³-hybridized carbons (Fsp3) is 0.269. The topological polar surface area (TPSA) is 95.3 Å². The molecule has 0 saturated carbocycles. The summed E-state index contributed by atoms with van der Waals surface area (Å²) in [6, 6.07) is 13.3. The molecule has 2 aliphatic rings. The molecule has 2 aromatic carbocycles. The number of hydrogen-bond acceptors (Lipinski definition) is 6. The van der Waals surface area contributed by atoms with Crippen LogP contribution in [0.1, 0.15) is 45.2 Å². The molecule has 5 rings (SSSR count). The van der Waals surface area contributed by atoms with E-state index in [1.807, 2.05) is 30.3 Å². The number of rotatable bonds is 6. The van der Waals surface area contributed by atoms with Gasteiger partial charge in [-0.3, -0.25) is 4.79 Å². The minimum Gasteiger partial charge on any atom is -0.454 e. The number of Topliss-reactive ketones (excluding diaryl/α,β-unsaturated/α-hetero) is 1. The van der Waals surface area contributed by atoms with E-state index in [2.05, 4.69) is 11.2 Å². The SMILES string of the molecule is Cc1nn(C2CCS(=O)(=O)C2)c(Cl)c1/C=C/C(=O)OCC(=O)c1ccc2c(c1)-c1ccccc1C2. The van der Waals surface area contributed by atoms with E-state index in [0.29, 0.717) is 23.2 Å². The van der Waals surface area contributed by atoms with Crippen LogP contribution in [-0.4, -0.2) is 48.1 Å². The lowest BCUT2D eigenvalue weighted by Crippen LogP contribution is -2.13. The number of hydrogen-bond donors (Lipinski definition) is 0. The van der Waals surface area contributed by atoms with Crippen molar-refractivity contribution in [1.29, 1.82) is 0 Å². The number of ketones is 1. The smallest absolute Gasteiger partial charge is 0.331 e. The molecule has 9 heteroatoms. The first-order valence-electron chi connectivity index (χ1n) is 11.3. The first kappa shape index (κ1) is 23.5. The molecule has 1 unspecified atom stereocenters. The monoisotopic (exact) mass is 510 g/mol. The molecule has 2 heterocycles. The molecule has 1 atom stereocenters. The third-order valence-electron chi connectivity index (χ3n) is 6.48. The lowest BCUT2D eigenvalue weighted by molar-refractivity contribution is -0.136. The van der Waals surface area contributed by atoms with Gasteiger partial charge in [0, 0.05) is 17.2 Å². The molecule has 0 bridgehead atoms. The first-order valence-corrected chi connectivity index (χ1v) is 13.5. The van der Waals surface area contributed by atoms with E-state index >= 15 is 0 Å². The summed E-state index contributed by atoms with van der Waals surface area (Å²) in [5, 5.41) is 4.62. The second-order valence-electron chi connectivity index (χ2n) is 8.86. The van der Waals surface area contributed by atoms with Crippen LogP contribution in [0.4, 0.5) is 0 Å². The molecule has 0 radical (unpaired) electrons. The molecule has 3 aromatic rings. The van der Waals surface area contributed by atoms with Crippen LogP contribution in [0.25, 0.3) is 17.2 Å². The van der Waals surface area contributed by atoms with E-state index in [0.717, 1.165) is 17.5 Å². The van der Waals surface area contributed by atoms with E-state index in [1.54, 1.807) is 13.0 Å². The third kappa shape index (κ3) is 4.68. The maximum absolute atomic E-state index is 12.7. The van der Waals surface area contributed by atoms with Gasteiger partial charge in [0.15, 0.2) is 22.2 Å². The molecule has 7 nitrogen and oxygen atoms in total. The highest BCUT2D eigenvalue weighted by atomic mass is 35.5. The number of fused-ring (bicyclic) bond motifs is 3. The molecule has 1 fully saturated rings. The summed E-state index contributed by atoms with van der Waals surface area (Å²) in [5.41, 5.74) is 6.13. The molecule has 1 saturated heterocycles. The van der Waals surface area contributed by atoms with Gasteiger partial charge in [0.2, 0.25) is 0 Å². The molecular formula is C26H23ClN2O5S. The Morgan fingerprint density at radius 2 is 1.94 bits per heavy atom. The van der Waals surface area contributed by atoms with Crippen LogP contribution in [0, 0.1) is 6.92 Å². The number of benzene rings is 2. The third-order valence-corrected chi connectivity index (χ3v) is 8.60. The van der Waals surface area contributed by atoms with Crippen molar-refractivity contribution in [2.24, 2.45) is 0 Å². The average Bonchev–Trinajstić information content (AvgIpc) is 3.48. The number of halogens is 1. The van der Waals surface area contributed by atoms with Crippen LogP contribution in [0.2, 0.25) is 5.15 Å². The maximum Gasteiger partial charge on any atom is 0.331 e. The standard InChI is InChI=1S/C26H23ClN2O5S/c1-16-21(26(27)29(28-16)20-10-11-35(32,33)15-20)8-9-25(31)34-14-24(30)19-7-6-18-12-17-4-2-3-5-22(17)23(18)13-19/h2-9,13,20H,10-12,14-15H2,1H3/b9-8+. The number of carbonyl (C=O) groups excluding carboxylic acids is 2. The molecule has 1 aliphatic carbocycles. The Bertz CT molecular complexity index is 1490. The normalized spacial score (nSPS) is 17.9. The first-order chi connectivity index (χ1) is 16.7. The van der Waals surface area contributed by atoms with Gasteiger partial charge in [-0.1, -0.05) is 48.0 Å². The van der Waals surface area contributed by atoms with Crippen LogP contribution in [-0.2, 0) is 25.8 Å². The summed E-state index contributed by atoms with van der Waals surface area (Å²) in [7, 11) is -3.09. The zero-order valence-electron chi connectivity index (χ0n) is 19.0. The summed E-state index contributed by atoms with van der Waals surface area (Å²) >= 11 is 6.42. The summed E-state index contributed by atoms with van der Waals surface area (Å²) in [5.74, 6) is -0.871. The van der Waals surface area contributed by atoms with Gasteiger partial charge >= 0.3 is 5.97 Å². The summed E-state index contributed by atoms with van der Waals surface area (Å²) in [6.07, 6.45) is 3.96. The highest BCUT2D eigenvalue weighted by molar-refractivity contribution is 7.91. The lowest BCUT2D eigenvalue weighted by Gasteiger charge is -2.09. The van der Waals surface area contributed by atoms with Crippen LogP contribution >= 0.6 is 11.6 Å². The van der Waals surface area contributed by atoms with E-state index in [9.17, 15) is 18.0 Å². The van der Waals surface area contributed by atoms with E-state index in [-0.39, 0.29) is 35.1 Å². The van der Waals surface area contributed by atoms with Gasteiger partial charge < -0.3 is 4.74 Å². The van der Waals surface area contributed by atoms with E-state index in [4.69, 9.17) is 16.3 Å². The highest BCUT2D eigenvalue weighted by Crippen LogP contribution is 2.37. The Morgan fingerprint density at radius 3 is 2.71 bits per heavy atom. The van der Waals surface area contributed by atoms with Crippen LogP contribution in [0.3, 0.4) is 0 Å². The summed E-state index contributed by atoms with van der Waals surface area (Å²) in [6.45, 7) is 1.35. The molecule has 0 amide bonds. The van der Waals surface area contributed by atoms with Crippen molar-refractivity contribution in [3.05, 3.63) is 81.6 Å². The predicted molar refractivity (Wildman–Crippen MR) is 133 cm³/mol. The zero-order valence-corrected chi connectivity index (χ0v) is 20.6. The number of aryl methyl sites for hydroxylation is 1.